The molecule has 18 heavy (non-hydrogen) atoms. The summed E-state index contributed by atoms with van der Waals surface area (Å²) in [6.07, 6.45) is 4.00. The van der Waals surface area contributed by atoms with Crippen molar-refractivity contribution in [1.29, 1.82) is 5.26 Å². The number of rotatable bonds is 8. The predicted octanol–water partition coefficient (Wildman–Crippen LogP) is 1.84. The first-order chi connectivity index (χ1) is 8.88. The lowest BCUT2D eigenvalue weighted by Gasteiger charge is -2.05. The minimum atomic E-state index is 0.0664. The van der Waals surface area contributed by atoms with Crippen LogP contribution in [0.5, 0.6) is 5.75 Å². The van der Waals surface area contributed by atoms with E-state index >= 15 is 0 Å². The van der Waals surface area contributed by atoms with Crippen LogP contribution < -0.4 is 10.1 Å². The van der Waals surface area contributed by atoms with E-state index in [0.29, 0.717) is 6.61 Å². The van der Waals surface area contributed by atoms with Crippen molar-refractivity contribution in [3.8, 4) is 11.8 Å². The number of nitrogens with zero attached hydrogens (tertiary/aromatic N) is 1. The smallest absolute Gasteiger partial charge is 0.174 e. The molecule has 96 valence electrons. The molecule has 1 aromatic rings. The van der Waals surface area contributed by atoms with E-state index in [4.69, 9.17) is 14.7 Å². The number of nitrogens with one attached hydrogen (secondary N) is 1. The van der Waals surface area contributed by atoms with Gasteiger partial charge >= 0.3 is 0 Å². The van der Waals surface area contributed by atoms with Gasteiger partial charge in [0.2, 0.25) is 0 Å². The Kier molecular flexibility index (Phi) is 7.29. The molecule has 0 aliphatic carbocycles. The summed E-state index contributed by atoms with van der Waals surface area (Å²) in [7, 11) is 1.68. The Morgan fingerprint density at radius 1 is 1.39 bits per heavy atom. The maximum atomic E-state index is 8.50. The van der Waals surface area contributed by atoms with E-state index in [0.717, 1.165) is 24.4 Å². The molecular formula is C14H18N2O2. The molecule has 0 unspecified atom stereocenters. The monoisotopic (exact) mass is 246 g/mol. The van der Waals surface area contributed by atoms with Gasteiger partial charge in [-0.15, -0.1) is 0 Å². The number of benzene rings is 1. The lowest BCUT2D eigenvalue weighted by atomic mass is 10.2. The van der Waals surface area contributed by atoms with Crippen LogP contribution in [0.2, 0.25) is 0 Å². The lowest BCUT2D eigenvalue weighted by Crippen LogP contribution is -2.18. The second kappa shape index (κ2) is 9.23. The van der Waals surface area contributed by atoms with Gasteiger partial charge in [-0.1, -0.05) is 30.4 Å². The minimum Gasteiger partial charge on any atom is -0.478 e. The molecule has 0 aliphatic heterocycles. The van der Waals surface area contributed by atoms with Gasteiger partial charge in [-0.2, -0.15) is 5.26 Å². The second-order valence-electron chi connectivity index (χ2n) is 3.58. The number of methoxy groups -OCH3 is 1. The van der Waals surface area contributed by atoms with Crippen LogP contribution in [0, 0.1) is 11.3 Å². The van der Waals surface area contributed by atoms with E-state index in [1.807, 2.05) is 42.5 Å². The molecule has 0 saturated heterocycles. The van der Waals surface area contributed by atoms with Gasteiger partial charge in [0.1, 0.15) is 11.8 Å². The van der Waals surface area contributed by atoms with Crippen molar-refractivity contribution < 1.29 is 9.47 Å². The van der Waals surface area contributed by atoms with Crippen molar-refractivity contribution in [3.63, 3.8) is 0 Å². The SMILES string of the molecule is COCCNCC=Cc1ccccc1OCC#N. The maximum absolute atomic E-state index is 8.50. The standard InChI is InChI=1S/C14H18N2O2/c1-17-12-10-16-9-4-6-13-5-2-3-7-14(13)18-11-8-15/h2-7,16H,9-12H2,1H3. The first kappa shape index (κ1) is 14.2. The summed E-state index contributed by atoms with van der Waals surface area (Å²) < 4.78 is 10.3. The fourth-order valence-corrected chi connectivity index (χ4v) is 1.41. The maximum Gasteiger partial charge on any atom is 0.174 e. The van der Waals surface area contributed by atoms with Crippen molar-refractivity contribution in [2.75, 3.05) is 33.4 Å². The Morgan fingerprint density at radius 2 is 2.22 bits per heavy atom. The largest absolute Gasteiger partial charge is 0.478 e. The third-order valence-electron chi connectivity index (χ3n) is 2.25. The summed E-state index contributed by atoms with van der Waals surface area (Å²) >= 11 is 0. The van der Waals surface area contributed by atoms with Crippen LogP contribution >= 0.6 is 0 Å². The zero-order valence-electron chi connectivity index (χ0n) is 10.6. The molecule has 0 radical (unpaired) electrons. The van der Waals surface area contributed by atoms with Gasteiger partial charge in [-0.3, -0.25) is 0 Å². The Balaban J connectivity index is 2.45. The Labute approximate surface area is 108 Å². The summed E-state index contributed by atoms with van der Waals surface area (Å²) in [5.41, 5.74) is 0.973. The van der Waals surface area contributed by atoms with Gasteiger partial charge in [-0.05, 0) is 6.07 Å². The van der Waals surface area contributed by atoms with E-state index in [1.54, 1.807) is 7.11 Å². The highest BCUT2D eigenvalue weighted by molar-refractivity contribution is 5.57. The van der Waals surface area contributed by atoms with Crippen LogP contribution in [0.1, 0.15) is 5.56 Å². The number of hydrogen-bond acceptors (Lipinski definition) is 4. The van der Waals surface area contributed by atoms with Crippen LogP contribution in [-0.2, 0) is 4.74 Å². The van der Waals surface area contributed by atoms with Crippen LogP contribution in [0.15, 0.2) is 30.3 Å². The molecule has 0 aliphatic rings. The summed E-state index contributed by atoms with van der Waals surface area (Å²) in [6, 6.07) is 9.61. The molecule has 0 aromatic heterocycles. The molecule has 0 heterocycles. The minimum absolute atomic E-state index is 0.0664. The van der Waals surface area contributed by atoms with E-state index in [9.17, 15) is 0 Å². The zero-order valence-corrected chi connectivity index (χ0v) is 10.6. The third kappa shape index (κ3) is 5.48. The highest BCUT2D eigenvalue weighted by Gasteiger charge is 1.98. The number of nitriles is 1. The first-order valence-electron chi connectivity index (χ1n) is 5.83. The van der Waals surface area contributed by atoms with Crippen molar-refractivity contribution in [2.45, 2.75) is 0 Å². The topological polar surface area (TPSA) is 54.3 Å². The Hall–Kier alpha value is -1.83. The van der Waals surface area contributed by atoms with E-state index in [-0.39, 0.29) is 6.61 Å². The molecular weight excluding hydrogens is 228 g/mol. The van der Waals surface area contributed by atoms with Crippen LogP contribution in [0.4, 0.5) is 0 Å². The molecule has 0 bridgehead atoms. The lowest BCUT2D eigenvalue weighted by molar-refractivity contribution is 0.200. The van der Waals surface area contributed by atoms with Crippen molar-refractivity contribution in [3.05, 3.63) is 35.9 Å². The van der Waals surface area contributed by atoms with Crippen LogP contribution in [0.25, 0.3) is 6.08 Å². The fraction of sp³-hybridized carbons (Fsp3) is 0.357. The Morgan fingerprint density at radius 3 is 3.00 bits per heavy atom. The van der Waals surface area contributed by atoms with Gasteiger partial charge < -0.3 is 14.8 Å². The van der Waals surface area contributed by atoms with Crippen molar-refractivity contribution in [2.24, 2.45) is 0 Å². The highest BCUT2D eigenvalue weighted by Crippen LogP contribution is 2.18. The van der Waals surface area contributed by atoms with E-state index in [1.165, 1.54) is 0 Å². The normalized spacial score (nSPS) is 10.4. The average Bonchev–Trinajstić information content (AvgIpc) is 2.41. The van der Waals surface area contributed by atoms with Crippen molar-refractivity contribution in [1.82, 2.24) is 5.32 Å². The van der Waals surface area contributed by atoms with E-state index in [2.05, 4.69) is 5.32 Å². The molecule has 0 saturated carbocycles. The van der Waals surface area contributed by atoms with Crippen LogP contribution in [-0.4, -0.2) is 33.4 Å². The van der Waals surface area contributed by atoms with Crippen molar-refractivity contribution >= 4 is 6.08 Å². The van der Waals surface area contributed by atoms with Gasteiger partial charge in [0.05, 0.1) is 6.61 Å². The average molecular weight is 246 g/mol. The third-order valence-corrected chi connectivity index (χ3v) is 2.25. The molecule has 0 fully saturated rings. The molecule has 0 spiro atoms. The number of hydrogen-bond donors (Lipinski definition) is 1. The number of para-hydroxylation sites is 1. The molecule has 0 amide bonds. The summed E-state index contributed by atoms with van der Waals surface area (Å²) in [5, 5.41) is 11.7. The van der Waals surface area contributed by atoms with Gasteiger partial charge in [-0.25, -0.2) is 0 Å². The fourth-order valence-electron chi connectivity index (χ4n) is 1.41. The van der Waals surface area contributed by atoms with Gasteiger partial charge in [0.25, 0.3) is 0 Å². The molecule has 1 aromatic carbocycles. The second-order valence-corrected chi connectivity index (χ2v) is 3.58. The molecule has 4 heteroatoms. The quantitative estimate of drug-likeness (QED) is 0.711. The van der Waals surface area contributed by atoms with Gasteiger partial charge in [0.15, 0.2) is 6.61 Å². The predicted molar refractivity (Wildman–Crippen MR) is 71.3 cm³/mol. The Bertz CT molecular complexity index is 411. The summed E-state index contributed by atoms with van der Waals surface area (Å²) in [5.74, 6) is 0.729. The van der Waals surface area contributed by atoms with Crippen LogP contribution in [0.3, 0.4) is 0 Å². The van der Waals surface area contributed by atoms with E-state index < -0.39 is 0 Å². The highest BCUT2D eigenvalue weighted by atomic mass is 16.5. The summed E-state index contributed by atoms with van der Waals surface area (Å²) in [6.45, 7) is 2.37. The van der Waals surface area contributed by atoms with Gasteiger partial charge in [0, 0.05) is 25.8 Å². The summed E-state index contributed by atoms with van der Waals surface area (Å²) in [4.78, 5) is 0. The molecule has 1 N–H and O–H groups in total. The molecule has 4 nitrogen and oxygen atoms in total. The first-order valence-corrected chi connectivity index (χ1v) is 5.83. The number of ether oxygens (including phenoxy) is 2. The molecule has 0 atom stereocenters. The zero-order chi connectivity index (χ0) is 13.1. The molecule has 1 rings (SSSR count).